The van der Waals surface area contributed by atoms with E-state index in [4.69, 9.17) is 16.3 Å². The Morgan fingerprint density at radius 1 is 0.902 bits per heavy atom. The first-order chi connectivity index (χ1) is 29.2. The van der Waals surface area contributed by atoms with Crippen molar-refractivity contribution in [2.24, 2.45) is 5.41 Å². The monoisotopic (exact) mass is 862 g/mol. The number of carbonyl (C=O) groups excluding carboxylic acids is 2. The normalized spacial score (nSPS) is 17.7. The van der Waals surface area contributed by atoms with Gasteiger partial charge in [0, 0.05) is 98.3 Å². The predicted molar refractivity (Wildman–Crippen MR) is 244 cm³/mol. The molecular formula is C48H55ClN6O5S. The number of nitrogens with zero attached hydrogens (tertiary/aromatic N) is 3. The molecule has 2 fully saturated rings. The second kappa shape index (κ2) is 17.6. The topological polar surface area (TPSA) is 127 Å². The Balaban J connectivity index is 0.988. The lowest BCUT2D eigenvalue weighted by molar-refractivity contribution is -0.129. The van der Waals surface area contributed by atoms with Gasteiger partial charge in [0.25, 0.3) is 15.9 Å². The van der Waals surface area contributed by atoms with Crippen molar-refractivity contribution in [2.45, 2.75) is 70.7 Å². The lowest BCUT2D eigenvalue weighted by Gasteiger charge is -2.39. The number of sulfonamides is 1. The van der Waals surface area contributed by atoms with Crippen LogP contribution in [-0.4, -0.2) is 86.9 Å². The highest BCUT2D eigenvalue weighted by Crippen LogP contribution is 2.43. The zero-order valence-electron chi connectivity index (χ0n) is 35.4. The van der Waals surface area contributed by atoms with Crippen LogP contribution in [0, 0.1) is 12.3 Å². The Morgan fingerprint density at radius 3 is 2.38 bits per heavy atom. The van der Waals surface area contributed by atoms with Crippen LogP contribution in [0.4, 0.5) is 11.4 Å². The molecule has 3 aliphatic rings. The van der Waals surface area contributed by atoms with E-state index in [2.05, 4.69) is 50.8 Å². The van der Waals surface area contributed by atoms with Gasteiger partial charge < -0.3 is 24.8 Å². The number of fused-ring (bicyclic) bond motifs is 1. The summed E-state index contributed by atoms with van der Waals surface area (Å²) in [6.07, 6.45) is 6.71. The van der Waals surface area contributed by atoms with Gasteiger partial charge in [0.2, 0.25) is 5.91 Å². The number of H-pyrrole nitrogens is 1. The minimum atomic E-state index is -4.25. The minimum Gasteiger partial charge on any atom is -0.456 e. The van der Waals surface area contributed by atoms with Gasteiger partial charge >= 0.3 is 0 Å². The van der Waals surface area contributed by atoms with Crippen LogP contribution in [0.25, 0.3) is 16.5 Å². The summed E-state index contributed by atoms with van der Waals surface area (Å²) in [5.41, 5.74) is 7.86. The molecule has 0 bridgehead atoms. The summed E-state index contributed by atoms with van der Waals surface area (Å²) >= 11 is 6.25. The molecule has 0 saturated carbocycles. The number of anilines is 2. The Bertz CT molecular complexity index is 2570. The highest BCUT2D eigenvalue weighted by Gasteiger charge is 2.30. The number of nitrogens with one attached hydrogen (secondary N) is 3. The number of allylic oxidation sites excluding steroid dienone is 1. The maximum atomic E-state index is 14.0. The van der Waals surface area contributed by atoms with Crippen molar-refractivity contribution in [3.05, 3.63) is 118 Å². The third kappa shape index (κ3) is 9.77. The van der Waals surface area contributed by atoms with Crippen molar-refractivity contribution in [1.82, 2.24) is 19.5 Å². The summed E-state index contributed by atoms with van der Waals surface area (Å²) in [7, 11) is -4.25. The number of likely N-dealkylation sites (tertiary alicyclic amines) is 1. The second-order valence-electron chi connectivity index (χ2n) is 17.5. The van der Waals surface area contributed by atoms with Gasteiger partial charge in [-0.05, 0) is 122 Å². The van der Waals surface area contributed by atoms with Crippen LogP contribution in [0.1, 0.15) is 74.4 Å². The average Bonchev–Trinajstić information content (AvgIpc) is 3.73. The quantitative estimate of drug-likeness (QED) is 0.120. The van der Waals surface area contributed by atoms with Gasteiger partial charge in [-0.25, -0.2) is 13.1 Å². The highest BCUT2D eigenvalue weighted by molar-refractivity contribution is 7.90. The van der Waals surface area contributed by atoms with Crippen LogP contribution in [0.5, 0.6) is 11.5 Å². The SMILES string of the molecule is CC(=O)N1CCC(Nc2ccc(S(=O)(=O)NC(=O)c3ccc(N4CCN(CC5=C(c6ccc(Cl)cc6)CC(C)(C)CC5)CC4)cc3Oc3cccc4[nH]ccc34)cc2C)CC1. The summed E-state index contributed by atoms with van der Waals surface area (Å²) in [5.74, 6) is 0.0923. The van der Waals surface area contributed by atoms with E-state index in [1.807, 2.05) is 66.6 Å². The molecule has 1 aromatic heterocycles. The van der Waals surface area contributed by atoms with Crippen molar-refractivity contribution in [2.75, 3.05) is 56.0 Å². The first-order valence-corrected chi connectivity index (χ1v) is 23.1. The average molecular weight is 864 g/mol. The maximum Gasteiger partial charge on any atom is 0.268 e. The Kier molecular flexibility index (Phi) is 12.2. The summed E-state index contributed by atoms with van der Waals surface area (Å²) in [6.45, 7) is 13.7. The largest absolute Gasteiger partial charge is 0.456 e. The first-order valence-electron chi connectivity index (χ1n) is 21.2. The number of piperazine rings is 1. The Morgan fingerprint density at radius 2 is 1.66 bits per heavy atom. The smallest absolute Gasteiger partial charge is 0.268 e. The number of piperidine rings is 1. The molecule has 1 aliphatic carbocycles. The van der Waals surface area contributed by atoms with Crippen LogP contribution in [-0.2, 0) is 14.8 Å². The molecule has 2 amide bonds. The molecule has 13 heteroatoms. The van der Waals surface area contributed by atoms with Crippen molar-refractivity contribution in [1.29, 1.82) is 0 Å². The van der Waals surface area contributed by atoms with Crippen LogP contribution < -0.4 is 19.7 Å². The Labute approximate surface area is 364 Å². The van der Waals surface area contributed by atoms with Crippen molar-refractivity contribution < 1.29 is 22.7 Å². The van der Waals surface area contributed by atoms with E-state index in [0.29, 0.717) is 18.8 Å². The third-order valence-electron chi connectivity index (χ3n) is 12.6. The Hall–Kier alpha value is -5.30. The third-order valence-corrected chi connectivity index (χ3v) is 14.1. The fourth-order valence-corrected chi connectivity index (χ4v) is 10.1. The number of aryl methyl sites for hydroxylation is 1. The fraction of sp³-hybridized carbons (Fsp3) is 0.375. The molecule has 0 spiro atoms. The van der Waals surface area contributed by atoms with Gasteiger partial charge in [-0.15, -0.1) is 0 Å². The van der Waals surface area contributed by atoms with Gasteiger partial charge in [-0.3, -0.25) is 14.5 Å². The summed E-state index contributed by atoms with van der Waals surface area (Å²) in [4.78, 5) is 35.6. The van der Waals surface area contributed by atoms with Crippen LogP contribution in [0.3, 0.4) is 0 Å². The number of rotatable bonds is 11. The number of carbonyl (C=O) groups is 2. The number of benzene rings is 4. The van der Waals surface area contributed by atoms with Gasteiger partial charge in [-0.2, -0.15) is 0 Å². The van der Waals surface area contributed by atoms with Crippen molar-refractivity contribution in [3.8, 4) is 11.5 Å². The number of ether oxygens (including phenoxy) is 1. The van der Waals surface area contributed by atoms with Crippen molar-refractivity contribution >= 4 is 61.3 Å². The molecule has 2 saturated heterocycles. The first kappa shape index (κ1) is 42.4. The number of aromatic amines is 1. The highest BCUT2D eigenvalue weighted by atomic mass is 35.5. The van der Waals surface area contributed by atoms with Crippen LogP contribution >= 0.6 is 11.6 Å². The van der Waals surface area contributed by atoms with Gasteiger partial charge in [0.1, 0.15) is 11.5 Å². The molecule has 320 valence electrons. The second-order valence-corrected chi connectivity index (χ2v) is 19.6. The molecule has 0 unspecified atom stereocenters. The van der Waals surface area contributed by atoms with Gasteiger partial charge in [-0.1, -0.05) is 49.2 Å². The van der Waals surface area contributed by atoms with E-state index >= 15 is 0 Å². The van der Waals surface area contributed by atoms with E-state index in [1.54, 1.807) is 25.1 Å². The van der Waals surface area contributed by atoms with E-state index in [1.165, 1.54) is 22.8 Å². The molecule has 0 atom stereocenters. The molecule has 11 nitrogen and oxygen atoms in total. The lowest BCUT2D eigenvalue weighted by atomic mass is 9.72. The molecule has 3 heterocycles. The molecule has 4 aromatic carbocycles. The van der Waals surface area contributed by atoms with Crippen LogP contribution in [0.15, 0.2) is 102 Å². The van der Waals surface area contributed by atoms with E-state index < -0.39 is 15.9 Å². The molecule has 5 aromatic rings. The number of hydrogen-bond donors (Lipinski definition) is 3. The zero-order chi connectivity index (χ0) is 42.9. The van der Waals surface area contributed by atoms with Gasteiger partial charge in [0.15, 0.2) is 0 Å². The molecule has 2 aliphatic heterocycles. The minimum absolute atomic E-state index is 0.0164. The molecule has 61 heavy (non-hydrogen) atoms. The van der Waals surface area contributed by atoms with Crippen LogP contribution in [0.2, 0.25) is 5.02 Å². The number of halogens is 1. The number of hydrogen-bond acceptors (Lipinski definition) is 8. The molecule has 8 rings (SSSR count). The standard InChI is InChI=1S/C48H55ClN6O5S/c1-32-28-39(13-15-43(32)51-37-18-22-54(23-19-37)33(2)56)61(58,59)52-47(57)41-14-12-38(29-46(41)60-45-7-5-6-44-40(45)17-21-50-44)55-26-24-53(25-27-55)31-35-16-20-48(3,4)30-42(35)34-8-10-36(49)11-9-34/h5-15,17,21,28-29,37,50-51H,16,18-20,22-27,30-31H2,1-4H3,(H,52,57). The molecular weight excluding hydrogens is 808 g/mol. The number of amides is 2. The van der Waals surface area contributed by atoms with E-state index in [9.17, 15) is 18.0 Å². The molecule has 0 radical (unpaired) electrons. The maximum absolute atomic E-state index is 14.0. The lowest BCUT2D eigenvalue weighted by Crippen LogP contribution is -2.47. The van der Waals surface area contributed by atoms with Gasteiger partial charge in [0.05, 0.1) is 10.5 Å². The predicted octanol–water partition coefficient (Wildman–Crippen LogP) is 9.25. The zero-order valence-corrected chi connectivity index (χ0v) is 37.0. The van der Waals surface area contributed by atoms with E-state index in [0.717, 1.165) is 97.7 Å². The summed E-state index contributed by atoms with van der Waals surface area (Å²) in [5, 5.41) is 5.10. The fourth-order valence-electron chi connectivity index (χ4n) is 8.90. The van der Waals surface area contributed by atoms with E-state index in [-0.39, 0.29) is 33.6 Å². The number of aromatic nitrogens is 1. The van der Waals surface area contributed by atoms with Crippen molar-refractivity contribution in [3.63, 3.8) is 0 Å². The summed E-state index contributed by atoms with van der Waals surface area (Å²) < 4.78 is 36.4. The summed E-state index contributed by atoms with van der Waals surface area (Å²) in [6, 6.07) is 26.2. The molecule has 3 N–H and O–H groups in total.